The van der Waals surface area contributed by atoms with Crippen LogP contribution in [0.4, 0.5) is 0 Å². The molecule has 2 N–H and O–H groups in total. The van der Waals surface area contributed by atoms with Crippen LogP contribution in [-0.2, 0) is 0 Å². The summed E-state index contributed by atoms with van der Waals surface area (Å²) in [5.41, 5.74) is 0.458. The van der Waals surface area contributed by atoms with Gasteiger partial charge in [0, 0.05) is 0 Å². The van der Waals surface area contributed by atoms with Gasteiger partial charge in [0.05, 0.1) is 0 Å². The predicted molar refractivity (Wildman–Crippen MR) is 29.6 cm³/mol. The Bertz CT molecular complexity index is 70.1. The Morgan fingerprint density at radius 3 is 2.14 bits per heavy atom. The van der Waals surface area contributed by atoms with E-state index in [1.807, 2.05) is 6.92 Å². The molecule has 0 amide bonds. The summed E-state index contributed by atoms with van der Waals surface area (Å²) < 4.78 is 0. The van der Waals surface area contributed by atoms with E-state index in [2.05, 4.69) is 6.58 Å². The second-order valence-corrected chi connectivity index (χ2v) is 1.39. The minimum Gasteiger partial charge on any atom is -0.423 e. The summed E-state index contributed by atoms with van der Waals surface area (Å²) in [6.07, 6.45) is 0.623. The minimum absolute atomic E-state index is 0.458. The van der Waals surface area contributed by atoms with Crippen molar-refractivity contribution in [3.63, 3.8) is 0 Å². The van der Waals surface area contributed by atoms with Gasteiger partial charge < -0.3 is 10.0 Å². The average molecular weight is 99.9 g/mol. The molecule has 0 aliphatic carbocycles. The van der Waals surface area contributed by atoms with E-state index in [9.17, 15) is 0 Å². The molecule has 2 nitrogen and oxygen atoms in total. The smallest absolute Gasteiger partial charge is 0.423 e. The van der Waals surface area contributed by atoms with Gasteiger partial charge in [-0.05, 0) is 11.9 Å². The maximum atomic E-state index is 8.28. The first-order valence-electron chi connectivity index (χ1n) is 2.22. The van der Waals surface area contributed by atoms with Crippen molar-refractivity contribution in [2.24, 2.45) is 0 Å². The van der Waals surface area contributed by atoms with Gasteiger partial charge in [0.1, 0.15) is 0 Å². The summed E-state index contributed by atoms with van der Waals surface area (Å²) in [6, 6.07) is 0. The third-order valence-electron chi connectivity index (χ3n) is 0.819. The fourth-order valence-electron chi connectivity index (χ4n) is 0.183. The minimum atomic E-state index is -1.33. The third kappa shape index (κ3) is 2.42. The van der Waals surface area contributed by atoms with Gasteiger partial charge in [-0.2, -0.15) is 0 Å². The van der Waals surface area contributed by atoms with E-state index in [-0.39, 0.29) is 0 Å². The summed E-state index contributed by atoms with van der Waals surface area (Å²) in [4.78, 5) is 0. The Morgan fingerprint density at radius 1 is 1.71 bits per heavy atom. The quantitative estimate of drug-likeness (QED) is 0.478. The second-order valence-electron chi connectivity index (χ2n) is 1.39. The zero-order valence-electron chi connectivity index (χ0n) is 4.39. The van der Waals surface area contributed by atoms with Crippen molar-refractivity contribution in [1.29, 1.82) is 0 Å². The highest BCUT2D eigenvalue weighted by Gasteiger charge is 2.07. The van der Waals surface area contributed by atoms with Gasteiger partial charge in [-0.1, -0.05) is 6.92 Å². The highest BCUT2D eigenvalue weighted by molar-refractivity contribution is 6.50. The lowest BCUT2D eigenvalue weighted by Crippen LogP contribution is -2.13. The normalized spacial score (nSPS) is 8.43. The Labute approximate surface area is 43.6 Å². The van der Waals surface area contributed by atoms with E-state index in [0.29, 0.717) is 11.9 Å². The van der Waals surface area contributed by atoms with Crippen molar-refractivity contribution < 1.29 is 10.0 Å². The first-order valence-corrected chi connectivity index (χ1v) is 2.22. The lowest BCUT2D eigenvalue weighted by molar-refractivity contribution is 0.417. The van der Waals surface area contributed by atoms with Crippen molar-refractivity contribution in [3.05, 3.63) is 12.1 Å². The SMILES string of the molecule is C=C(CC)B(O)O. The van der Waals surface area contributed by atoms with E-state index >= 15 is 0 Å². The molecule has 0 aliphatic rings. The zero-order chi connectivity index (χ0) is 5.86. The highest BCUT2D eigenvalue weighted by atomic mass is 16.4. The monoisotopic (exact) mass is 100 g/mol. The van der Waals surface area contributed by atoms with E-state index in [1.54, 1.807) is 0 Å². The van der Waals surface area contributed by atoms with Crippen LogP contribution in [-0.4, -0.2) is 17.2 Å². The van der Waals surface area contributed by atoms with Crippen LogP contribution in [0.5, 0.6) is 0 Å². The molecular formula is C4H9BO2. The molecule has 0 spiro atoms. The van der Waals surface area contributed by atoms with Crippen LogP contribution in [0.1, 0.15) is 13.3 Å². The van der Waals surface area contributed by atoms with Gasteiger partial charge in [0.2, 0.25) is 0 Å². The molecule has 40 valence electrons. The fourth-order valence-corrected chi connectivity index (χ4v) is 0.183. The van der Waals surface area contributed by atoms with Gasteiger partial charge in [0.25, 0.3) is 0 Å². The van der Waals surface area contributed by atoms with Gasteiger partial charge in [0.15, 0.2) is 0 Å². The Kier molecular flexibility index (Phi) is 2.72. The topological polar surface area (TPSA) is 40.5 Å². The molecule has 0 bridgehead atoms. The fraction of sp³-hybridized carbons (Fsp3) is 0.500. The largest absolute Gasteiger partial charge is 0.483 e. The van der Waals surface area contributed by atoms with E-state index in [0.717, 1.165) is 0 Å². The highest BCUT2D eigenvalue weighted by Crippen LogP contribution is 1.94. The molecule has 0 radical (unpaired) electrons. The maximum absolute atomic E-state index is 8.28. The number of hydrogen-bond donors (Lipinski definition) is 2. The third-order valence-corrected chi connectivity index (χ3v) is 0.819. The first kappa shape index (κ1) is 6.72. The summed E-state index contributed by atoms with van der Waals surface area (Å²) >= 11 is 0. The molecule has 0 saturated carbocycles. The molecule has 0 heterocycles. The molecule has 0 atom stereocenters. The lowest BCUT2D eigenvalue weighted by atomic mass is 9.79. The molecule has 7 heavy (non-hydrogen) atoms. The van der Waals surface area contributed by atoms with Crippen LogP contribution in [0.2, 0.25) is 0 Å². The van der Waals surface area contributed by atoms with Gasteiger partial charge >= 0.3 is 7.12 Å². The zero-order valence-corrected chi connectivity index (χ0v) is 4.39. The average Bonchev–Trinajstić information content (AvgIpc) is 1.65. The van der Waals surface area contributed by atoms with Crippen molar-refractivity contribution in [2.45, 2.75) is 13.3 Å². The Balaban J connectivity index is 3.35. The molecule has 0 aromatic carbocycles. The molecule has 3 heteroatoms. The molecule has 0 fully saturated rings. The van der Waals surface area contributed by atoms with E-state index < -0.39 is 7.12 Å². The van der Waals surface area contributed by atoms with Gasteiger partial charge in [-0.25, -0.2) is 0 Å². The molecular weight excluding hydrogens is 90.9 g/mol. The molecule has 0 aromatic heterocycles. The molecule has 0 rings (SSSR count). The summed E-state index contributed by atoms with van der Waals surface area (Å²) in [7, 11) is -1.33. The Hall–Kier alpha value is -0.275. The van der Waals surface area contributed by atoms with E-state index in [4.69, 9.17) is 10.0 Å². The van der Waals surface area contributed by atoms with Crippen molar-refractivity contribution in [1.82, 2.24) is 0 Å². The van der Waals surface area contributed by atoms with Gasteiger partial charge in [-0.3, -0.25) is 0 Å². The lowest BCUT2D eigenvalue weighted by Gasteiger charge is -1.94. The van der Waals surface area contributed by atoms with Crippen LogP contribution in [0.15, 0.2) is 12.1 Å². The molecule has 0 aromatic rings. The van der Waals surface area contributed by atoms with Crippen LogP contribution in [0, 0.1) is 0 Å². The van der Waals surface area contributed by atoms with Crippen molar-refractivity contribution in [3.8, 4) is 0 Å². The van der Waals surface area contributed by atoms with Crippen LogP contribution >= 0.6 is 0 Å². The van der Waals surface area contributed by atoms with Crippen LogP contribution in [0.25, 0.3) is 0 Å². The summed E-state index contributed by atoms with van der Waals surface area (Å²) in [6.45, 7) is 5.19. The molecule has 0 aliphatic heterocycles. The first-order chi connectivity index (χ1) is 3.18. The standard InChI is InChI=1S/C4H9BO2/c1-3-4(2)5(6)7/h6-7H,2-3H2,1H3. The molecule has 0 unspecified atom stereocenters. The Morgan fingerprint density at radius 2 is 2.14 bits per heavy atom. The molecule has 0 saturated heterocycles. The summed E-state index contributed by atoms with van der Waals surface area (Å²) in [5.74, 6) is 0. The predicted octanol–water partition coefficient (Wildman–Crippen LogP) is -0.0354. The van der Waals surface area contributed by atoms with E-state index in [1.165, 1.54) is 0 Å². The number of hydrogen-bond acceptors (Lipinski definition) is 2. The van der Waals surface area contributed by atoms with Crippen LogP contribution < -0.4 is 0 Å². The summed E-state index contributed by atoms with van der Waals surface area (Å²) in [5, 5.41) is 16.6. The number of rotatable bonds is 2. The second kappa shape index (κ2) is 2.83. The maximum Gasteiger partial charge on any atom is 0.483 e. The number of allylic oxidation sites excluding steroid dienone is 1. The van der Waals surface area contributed by atoms with Gasteiger partial charge in [-0.15, -0.1) is 6.58 Å². The van der Waals surface area contributed by atoms with Crippen LogP contribution in [0.3, 0.4) is 0 Å². The van der Waals surface area contributed by atoms with Crippen molar-refractivity contribution >= 4 is 7.12 Å². The van der Waals surface area contributed by atoms with Crippen molar-refractivity contribution in [2.75, 3.05) is 0 Å².